The molecule has 0 aliphatic rings. The summed E-state index contributed by atoms with van der Waals surface area (Å²) in [5.41, 5.74) is 11.8. The molecule has 0 aliphatic heterocycles. The molecule has 1 heterocycles. The number of benzene rings is 2. The Kier molecular flexibility index (Phi) is 8.19. The van der Waals surface area contributed by atoms with E-state index < -0.39 is 28.1 Å². The number of sulfonamides is 1. The fourth-order valence-electron chi connectivity index (χ4n) is 2.52. The van der Waals surface area contributed by atoms with Gasteiger partial charge in [-0.1, -0.05) is 12.1 Å². The molecule has 0 unspecified atom stereocenters. The zero-order chi connectivity index (χ0) is 25.5. The van der Waals surface area contributed by atoms with Crippen molar-refractivity contribution in [3.05, 3.63) is 72.6 Å². The molecule has 34 heavy (non-hydrogen) atoms. The molecule has 0 bridgehead atoms. The summed E-state index contributed by atoms with van der Waals surface area (Å²) in [6.45, 7) is 0. The van der Waals surface area contributed by atoms with Crippen molar-refractivity contribution in [2.24, 2.45) is 5.73 Å². The highest BCUT2D eigenvalue weighted by Crippen LogP contribution is 2.25. The zero-order valence-corrected chi connectivity index (χ0v) is 18.4. The Morgan fingerprint density at radius 2 is 1.62 bits per heavy atom. The number of nitrogens with two attached hydrogens (primary N) is 2. The highest BCUT2D eigenvalue weighted by molar-refractivity contribution is 7.92. The number of hydrogen-bond acceptors (Lipinski definition) is 7. The number of nitrogens with zero attached hydrogens (tertiary/aromatic N) is 1. The van der Waals surface area contributed by atoms with E-state index in [1.807, 2.05) is 6.07 Å². The van der Waals surface area contributed by atoms with Gasteiger partial charge in [-0.2, -0.15) is 13.2 Å². The number of anilines is 2. The fourth-order valence-corrected chi connectivity index (χ4v) is 3.62. The molecule has 2 aromatic carbocycles. The van der Waals surface area contributed by atoms with Crippen LogP contribution in [-0.4, -0.2) is 38.6 Å². The molecule has 0 radical (unpaired) electrons. The first-order valence-electron chi connectivity index (χ1n) is 9.23. The number of hydrogen-bond donors (Lipinski definition) is 3. The number of primary amides is 1. The molecule has 1 amide bonds. The second kappa shape index (κ2) is 10.7. The van der Waals surface area contributed by atoms with Crippen LogP contribution in [0.3, 0.4) is 0 Å². The number of esters is 1. The molecule has 0 fully saturated rings. The van der Waals surface area contributed by atoms with Gasteiger partial charge in [0.1, 0.15) is 0 Å². The summed E-state index contributed by atoms with van der Waals surface area (Å²) in [5.74, 6) is -2.85. The van der Waals surface area contributed by atoms with Crippen LogP contribution in [0.4, 0.5) is 24.5 Å². The molecule has 0 atom stereocenters. The minimum atomic E-state index is -4.86. The number of ether oxygens (including phenoxy) is 1. The lowest BCUT2D eigenvalue weighted by atomic mass is 10.1. The topological polar surface area (TPSA) is 154 Å². The summed E-state index contributed by atoms with van der Waals surface area (Å²) in [7, 11) is -2.59. The molecular weight excluding hydrogens is 477 g/mol. The Morgan fingerprint density at radius 3 is 2.15 bits per heavy atom. The van der Waals surface area contributed by atoms with Crippen molar-refractivity contribution in [2.45, 2.75) is 11.1 Å². The van der Waals surface area contributed by atoms with E-state index in [0.717, 1.165) is 11.1 Å². The van der Waals surface area contributed by atoms with E-state index in [4.69, 9.17) is 10.5 Å². The van der Waals surface area contributed by atoms with Crippen molar-refractivity contribution in [2.75, 3.05) is 17.6 Å². The summed E-state index contributed by atoms with van der Waals surface area (Å²) in [5, 5.41) is 0. The lowest BCUT2D eigenvalue weighted by Gasteiger charge is -2.11. The van der Waals surface area contributed by atoms with Gasteiger partial charge in [0, 0.05) is 18.1 Å². The van der Waals surface area contributed by atoms with Gasteiger partial charge in [0.15, 0.2) is 0 Å². The van der Waals surface area contributed by atoms with Gasteiger partial charge < -0.3 is 16.2 Å². The lowest BCUT2D eigenvalue weighted by Crippen LogP contribution is -2.30. The molecule has 1 aromatic heterocycles. The van der Waals surface area contributed by atoms with Crippen molar-refractivity contribution < 1.29 is 35.9 Å². The van der Waals surface area contributed by atoms with Crippen LogP contribution in [0.5, 0.6) is 0 Å². The molecule has 0 spiro atoms. The standard InChI is InChI=1S/C19H17N3O4S.C2H2F3NO/c1-26-19(23)17-6-5-15(12-18(17)20)22-27(24,25)16-4-2-3-14(11-16)13-7-9-21-10-8-13;3-2(4,5)1(6)7/h2-12,22H,20H2,1H3;(H2,6,7). The van der Waals surface area contributed by atoms with Gasteiger partial charge in [-0.3, -0.25) is 14.5 Å². The number of halogens is 3. The van der Waals surface area contributed by atoms with Crippen LogP contribution < -0.4 is 16.2 Å². The number of carbonyl (C=O) groups is 2. The lowest BCUT2D eigenvalue weighted by molar-refractivity contribution is -0.169. The summed E-state index contributed by atoms with van der Waals surface area (Å²) in [6.07, 6.45) is -1.58. The largest absolute Gasteiger partial charge is 0.470 e. The van der Waals surface area contributed by atoms with Crippen LogP contribution in [0.2, 0.25) is 0 Å². The summed E-state index contributed by atoms with van der Waals surface area (Å²) < 4.78 is 64.6. The van der Waals surface area contributed by atoms with Gasteiger partial charge in [-0.05, 0) is 53.6 Å². The predicted molar refractivity (Wildman–Crippen MR) is 118 cm³/mol. The van der Waals surface area contributed by atoms with E-state index in [1.165, 1.54) is 31.4 Å². The van der Waals surface area contributed by atoms with Crippen LogP contribution >= 0.6 is 0 Å². The maximum absolute atomic E-state index is 12.7. The fraction of sp³-hybridized carbons (Fsp3) is 0.0952. The number of carbonyl (C=O) groups excluding carboxylic acids is 2. The predicted octanol–water partition coefficient (Wildman–Crippen LogP) is 2.95. The normalized spacial score (nSPS) is 11.1. The van der Waals surface area contributed by atoms with E-state index in [1.54, 1.807) is 36.7 Å². The maximum Gasteiger partial charge on any atom is 0.470 e. The van der Waals surface area contributed by atoms with Gasteiger partial charge >= 0.3 is 18.1 Å². The van der Waals surface area contributed by atoms with Gasteiger partial charge in [-0.15, -0.1) is 0 Å². The van der Waals surface area contributed by atoms with E-state index in [-0.39, 0.29) is 21.8 Å². The average Bonchev–Trinajstić information content (AvgIpc) is 2.79. The second-order valence-electron chi connectivity index (χ2n) is 6.52. The van der Waals surface area contributed by atoms with Crippen molar-refractivity contribution in [3.63, 3.8) is 0 Å². The SMILES string of the molecule is COC(=O)c1ccc(NS(=O)(=O)c2cccc(-c3ccncc3)c2)cc1N.NC(=O)C(F)(F)F. The average molecular weight is 496 g/mol. The quantitative estimate of drug-likeness (QED) is 0.362. The van der Waals surface area contributed by atoms with Crippen LogP contribution in [0.1, 0.15) is 10.4 Å². The molecule has 0 saturated heterocycles. The molecule has 5 N–H and O–H groups in total. The highest BCUT2D eigenvalue weighted by Gasteiger charge is 2.35. The number of nitrogens with one attached hydrogen (secondary N) is 1. The minimum Gasteiger partial charge on any atom is -0.465 e. The van der Waals surface area contributed by atoms with Crippen LogP contribution in [-0.2, 0) is 19.6 Å². The molecule has 180 valence electrons. The highest BCUT2D eigenvalue weighted by atomic mass is 32.2. The number of methoxy groups -OCH3 is 1. The Balaban J connectivity index is 0.000000509. The monoisotopic (exact) mass is 496 g/mol. The molecular formula is C21H19F3N4O5S. The molecule has 13 heteroatoms. The molecule has 0 saturated carbocycles. The third-order valence-corrected chi connectivity index (χ3v) is 5.53. The summed E-state index contributed by atoms with van der Waals surface area (Å²) >= 11 is 0. The van der Waals surface area contributed by atoms with Gasteiger partial charge in [0.25, 0.3) is 10.0 Å². The van der Waals surface area contributed by atoms with E-state index >= 15 is 0 Å². The summed E-state index contributed by atoms with van der Waals surface area (Å²) in [6, 6.07) is 14.4. The first kappa shape index (κ1) is 26.1. The van der Waals surface area contributed by atoms with E-state index in [2.05, 4.69) is 20.2 Å². The third kappa shape index (κ3) is 6.93. The number of alkyl halides is 3. The van der Waals surface area contributed by atoms with Gasteiger partial charge in [0.05, 0.1) is 23.3 Å². The Hall–Kier alpha value is -4.13. The zero-order valence-electron chi connectivity index (χ0n) is 17.5. The van der Waals surface area contributed by atoms with Crippen molar-refractivity contribution in [1.29, 1.82) is 0 Å². The second-order valence-corrected chi connectivity index (χ2v) is 8.21. The molecule has 9 nitrogen and oxygen atoms in total. The molecule has 0 aliphatic carbocycles. The van der Waals surface area contributed by atoms with Crippen molar-refractivity contribution >= 4 is 33.3 Å². The molecule has 3 aromatic rings. The maximum atomic E-state index is 12.7. The number of aromatic nitrogens is 1. The number of amides is 1. The Bertz CT molecular complexity index is 1280. The van der Waals surface area contributed by atoms with Gasteiger partial charge in [0.2, 0.25) is 0 Å². The van der Waals surface area contributed by atoms with Crippen LogP contribution in [0.15, 0.2) is 71.9 Å². The first-order chi connectivity index (χ1) is 15.8. The van der Waals surface area contributed by atoms with Crippen molar-refractivity contribution in [1.82, 2.24) is 4.98 Å². The van der Waals surface area contributed by atoms with E-state index in [9.17, 15) is 26.4 Å². The number of rotatable bonds is 5. The minimum absolute atomic E-state index is 0.104. The summed E-state index contributed by atoms with van der Waals surface area (Å²) in [4.78, 5) is 24.8. The number of pyridine rings is 1. The van der Waals surface area contributed by atoms with E-state index in [0.29, 0.717) is 0 Å². The number of nitrogen functional groups attached to an aromatic ring is 1. The first-order valence-corrected chi connectivity index (χ1v) is 10.7. The Morgan fingerprint density at radius 1 is 1.00 bits per heavy atom. The van der Waals surface area contributed by atoms with Gasteiger partial charge in [-0.25, -0.2) is 13.2 Å². The Labute approximate surface area is 192 Å². The smallest absolute Gasteiger partial charge is 0.465 e. The third-order valence-electron chi connectivity index (χ3n) is 4.15. The molecule has 3 rings (SSSR count). The van der Waals surface area contributed by atoms with Crippen molar-refractivity contribution in [3.8, 4) is 11.1 Å². The van der Waals surface area contributed by atoms with Crippen LogP contribution in [0.25, 0.3) is 11.1 Å². The van der Waals surface area contributed by atoms with Crippen LogP contribution in [0, 0.1) is 0 Å².